The van der Waals surface area contributed by atoms with Crippen molar-refractivity contribution in [2.45, 2.75) is 84.0 Å². The van der Waals surface area contributed by atoms with Gasteiger partial charge >= 0.3 is 5.97 Å². The van der Waals surface area contributed by atoms with Gasteiger partial charge in [-0.2, -0.15) is 11.3 Å². The SMILES string of the molecule is CC[C@H](C)[C@H](NC(=O)[C@H](CC(C)C)NC(=O)[C@H](CCCN=C(N)N)NC(=O)c1csc(-c2ccsc2)n1)C(=O)N[C@@H](Cc1ccccc1)C(=O)O. The molecule has 0 saturated heterocycles. The van der Waals surface area contributed by atoms with Gasteiger partial charge in [0.25, 0.3) is 5.91 Å². The molecule has 9 N–H and O–H groups in total. The van der Waals surface area contributed by atoms with Crippen LogP contribution in [0.15, 0.2) is 57.5 Å². The van der Waals surface area contributed by atoms with Gasteiger partial charge in [0.1, 0.15) is 34.9 Å². The largest absolute Gasteiger partial charge is 0.480 e. The first-order valence-electron chi connectivity index (χ1n) is 16.8. The number of rotatable bonds is 20. The molecule has 1 aromatic carbocycles. The van der Waals surface area contributed by atoms with E-state index in [9.17, 15) is 29.1 Å². The number of carboxylic acid groups (broad SMARTS) is 1. The summed E-state index contributed by atoms with van der Waals surface area (Å²) >= 11 is 2.81. The first kappa shape index (κ1) is 40.6. The van der Waals surface area contributed by atoms with E-state index in [0.29, 0.717) is 17.8 Å². The first-order chi connectivity index (χ1) is 24.3. The molecule has 0 fully saturated rings. The Kier molecular flexibility index (Phi) is 16.0. The zero-order valence-corrected chi connectivity index (χ0v) is 30.9. The van der Waals surface area contributed by atoms with E-state index in [1.807, 2.05) is 43.7 Å². The second-order valence-corrected chi connectivity index (χ2v) is 14.3. The Morgan fingerprint density at radius 1 is 0.882 bits per heavy atom. The molecule has 0 aliphatic carbocycles. The van der Waals surface area contributed by atoms with Crippen LogP contribution in [0.5, 0.6) is 0 Å². The Bertz CT molecular complexity index is 1630. The summed E-state index contributed by atoms with van der Waals surface area (Å²) in [5, 5.41) is 26.9. The minimum Gasteiger partial charge on any atom is -0.480 e. The molecular weight excluding hydrogens is 693 g/mol. The van der Waals surface area contributed by atoms with Crippen LogP contribution in [-0.4, -0.2) is 76.4 Å². The van der Waals surface area contributed by atoms with E-state index in [1.165, 1.54) is 22.7 Å². The molecule has 5 atom stereocenters. The molecule has 0 saturated carbocycles. The van der Waals surface area contributed by atoms with Crippen LogP contribution in [0.4, 0.5) is 0 Å². The number of thiazole rings is 1. The number of carbonyl (C=O) groups excluding carboxylic acids is 4. The Morgan fingerprint density at radius 2 is 1.57 bits per heavy atom. The molecule has 2 heterocycles. The number of aromatic nitrogens is 1. The predicted molar refractivity (Wildman–Crippen MR) is 199 cm³/mol. The number of carbonyl (C=O) groups is 5. The second kappa shape index (κ2) is 20.1. The maximum absolute atomic E-state index is 13.8. The van der Waals surface area contributed by atoms with Crippen molar-refractivity contribution in [2.75, 3.05) is 6.54 Å². The summed E-state index contributed by atoms with van der Waals surface area (Å²) in [5.41, 5.74) is 12.7. The molecular formula is C35H48N8O6S2. The van der Waals surface area contributed by atoms with Gasteiger partial charge in [-0.05, 0) is 48.1 Å². The molecule has 0 aliphatic rings. The van der Waals surface area contributed by atoms with Gasteiger partial charge in [0.05, 0.1) is 0 Å². The lowest BCUT2D eigenvalue weighted by atomic mass is 9.96. The average molecular weight is 741 g/mol. The van der Waals surface area contributed by atoms with E-state index in [0.717, 1.165) is 11.1 Å². The summed E-state index contributed by atoms with van der Waals surface area (Å²) in [7, 11) is 0. The topological polar surface area (TPSA) is 231 Å². The number of benzene rings is 1. The zero-order chi connectivity index (χ0) is 37.5. The minimum absolute atomic E-state index is 0.0420. The van der Waals surface area contributed by atoms with Crippen molar-refractivity contribution in [1.82, 2.24) is 26.3 Å². The molecule has 0 spiro atoms. The summed E-state index contributed by atoms with van der Waals surface area (Å²) < 4.78 is 0. The summed E-state index contributed by atoms with van der Waals surface area (Å²) in [6.07, 6.45) is 1.29. The van der Waals surface area contributed by atoms with Crippen molar-refractivity contribution < 1.29 is 29.1 Å². The predicted octanol–water partition coefficient (Wildman–Crippen LogP) is 2.90. The molecule has 3 rings (SSSR count). The normalized spacial score (nSPS) is 14.0. The van der Waals surface area contributed by atoms with Crippen LogP contribution in [0.3, 0.4) is 0 Å². The van der Waals surface area contributed by atoms with E-state index in [4.69, 9.17) is 11.5 Å². The third-order valence-electron chi connectivity index (χ3n) is 8.10. The number of nitrogens with two attached hydrogens (primary N) is 2. The molecule has 14 nitrogen and oxygen atoms in total. The smallest absolute Gasteiger partial charge is 0.326 e. The average Bonchev–Trinajstić information content (AvgIpc) is 3.81. The van der Waals surface area contributed by atoms with Crippen LogP contribution in [0.1, 0.15) is 69.4 Å². The molecule has 0 aliphatic heterocycles. The van der Waals surface area contributed by atoms with Crippen molar-refractivity contribution in [3.05, 3.63) is 63.8 Å². The van der Waals surface area contributed by atoms with Crippen LogP contribution < -0.4 is 32.7 Å². The van der Waals surface area contributed by atoms with Crippen LogP contribution in [-0.2, 0) is 25.6 Å². The maximum Gasteiger partial charge on any atom is 0.326 e. The van der Waals surface area contributed by atoms with Crippen LogP contribution in [0.2, 0.25) is 0 Å². The third-order valence-corrected chi connectivity index (χ3v) is 9.68. The number of amides is 4. The molecule has 2 aromatic heterocycles. The van der Waals surface area contributed by atoms with Crippen molar-refractivity contribution in [3.8, 4) is 10.6 Å². The lowest BCUT2D eigenvalue weighted by Crippen LogP contribution is -2.59. The highest BCUT2D eigenvalue weighted by Crippen LogP contribution is 2.25. The molecule has 51 heavy (non-hydrogen) atoms. The number of thiophene rings is 1. The van der Waals surface area contributed by atoms with E-state index in [1.54, 1.807) is 36.6 Å². The number of nitrogens with one attached hydrogen (secondary N) is 4. The van der Waals surface area contributed by atoms with E-state index in [-0.39, 0.29) is 49.3 Å². The van der Waals surface area contributed by atoms with Gasteiger partial charge in [0.15, 0.2) is 5.96 Å². The second-order valence-electron chi connectivity index (χ2n) is 12.7. The number of hydrogen-bond donors (Lipinski definition) is 7. The lowest BCUT2D eigenvalue weighted by molar-refractivity contribution is -0.142. The molecule has 276 valence electrons. The van der Waals surface area contributed by atoms with Gasteiger partial charge in [0.2, 0.25) is 17.7 Å². The summed E-state index contributed by atoms with van der Waals surface area (Å²) in [6.45, 7) is 7.61. The third kappa shape index (κ3) is 13.1. The molecule has 3 aromatic rings. The summed E-state index contributed by atoms with van der Waals surface area (Å²) in [4.78, 5) is 74.9. The monoisotopic (exact) mass is 740 g/mol. The number of hydrogen-bond acceptors (Lipinski definition) is 9. The van der Waals surface area contributed by atoms with Crippen LogP contribution in [0.25, 0.3) is 10.6 Å². The fourth-order valence-corrected chi connectivity index (χ4v) is 6.66. The minimum atomic E-state index is -1.23. The fraction of sp³-hybridized carbons (Fsp3) is 0.457. The Balaban J connectivity index is 1.78. The fourth-order valence-electron chi connectivity index (χ4n) is 5.14. The van der Waals surface area contributed by atoms with E-state index in [2.05, 4.69) is 31.2 Å². The van der Waals surface area contributed by atoms with Crippen LogP contribution in [0, 0.1) is 11.8 Å². The van der Waals surface area contributed by atoms with Crippen molar-refractivity contribution in [1.29, 1.82) is 0 Å². The molecule has 4 amide bonds. The van der Waals surface area contributed by atoms with Gasteiger partial charge in [-0.1, -0.05) is 64.4 Å². The van der Waals surface area contributed by atoms with Crippen molar-refractivity contribution in [3.63, 3.8) is 0 Å². The van der Waals surface area contributed by atoms with Gasteiger partial charge in [-0.15, -0.1) is 11.3 Å². The highest BCUT2D eigenvalue weighted by Gasteiger charge is 2.34. The van der Waals surface area contributed by atoms with Gasteiger partial charge in [0, 0.05) is 29.3 Å². The van der Waals surface area contributed by atoms with Gasteiger partial charge < -0.3 is 37.8 Å². The summed E-state index contributed by atoms with van der Waals surface area (Å²) in [6, 6.07) is 6.36. The Labute approximate surface area is 305 Å². The zero-order valence-electron chi connectivity index (χ0n) is 29.3. The highest BCUT2D eigenvalue weighted by atomic mass is 32.1. The standard InChI is InChI=1S/C35H48N8O6S2/c1-5-21(4)28(32(47)41-26(34(48)49)17-22-10-7-6-8-11-22)43-30(45)25(16-20(2)3)40-29(44)24(12-9-14-38-35(36)37)39-31(46)27-19-51-33(42-27)23-13-15-50-18-23/h6-8,10-11,13,15,18-21,24-26,28H,5,9,12,14,16-17H2,1-4H3,(H,39,46)(H,40,44)(H,41,47)(H,43,45)(H,48,49)(H4,36,37,38)/t21-,24-,25-,26-,28-/m0/s1. The number of aliphatic carboxylic acids is 1. The van der Waals surface area contributed by atoms with Crippen molar-refractivity contribution in [2.24, 2.45) is 28.3 Å². The number of carboxylic acids is 1. The molecule has 0 bridgehead atoms. The molecule has 16 heteroatoms. The Hall–Kier alpha value is -4.83. The van der Waals surface area contributed by atoms with E-state index >= 15 is 0 Å². The quantitative estimate of drug-likeness (QED) is 0.0512. The number of nitrogens with zero attached hydrogens (tertiary/aromatic N) is 2. The Morgan fingerprint density at radius 3 is 2.18 bits per heavy atom. The van der Waals surface area contributed by atoms with Gasteiger partial charge in [-0.3, -0.25) is 24.2 Å². The first-order valence-corrected chi connectivity index (χ1v) is 18.6. The van der Waals surface area contributed by atoms with Gasteiger partial charge in [-0.25, -0.2) is 9.78 Å². The maximum atomic E-state index is 13.8. The lowest BCUT2D eigenvalue weighted by Gasteiger charge is -2.29. The summed E-state index contributed by atoms with van der Waals surface area (Å²) in [5.74, 6) is -4.15. The number of guanidine groups is 1. The highest BCUT2D eigenvalue weighted by molar-refractivity contribution is 7.14. The van der Waals surface area contributed by atoms with Crippen molar-refractivity contribution >= 4 is 58.2 Å². The number of aliphatic imine (C=N–C) groups is 1. The van der Waals surface area contributed by atoms with Crippen LogP contribution >= 0.6 is 22.7 Å². The molecule has 0 unspecified atom stereocenters. The molecule has 0 radical (unpaired) electrons. The van der Waals surface area contributed by atoms with E-state index < -0.39 is 53.8 Å².